The molecule has 0 spiro atoms. The zero-order chi connectivity index (χ0) is 41.5. The summed E-state index contributed by atoms with van der Waals surface area (Å²) in [7, 11) is 0. The van der Waals surface area contributed by atoms with Crippen molar-refractivity contribution in [2.75, 3.05) is 13.2 Å². The molecule has 57 heavy (non-hydrogen) atoms. The van der Waals surface area contributed by atoms with Crippen molar-refractivity contribution < 1.29 is 28.6 Å². The van der Waals surface area contributed by atoms with Crippen LogP contribution in [-0.4, -0.2) is 37.2 Å². The fourth-order valence-electron chi connectivity index (χ4n) is 5.36. The predicted molar refractivity (Wildman–Crippen MR) is 242 cm³/mol. The molecule has 0 aliphatic carbocycles. The molecule has 0 N–H and O–H groups in total. The molecule has 0 aromatic rings. The quantitative estimate of drug-likeness (QED) is 0.0205. The van der Waals surface area contributed by atoms with Crippen LogP contribution in [0.3, 0.4) is 0 Å². The van der Waals surface area contributed by atoms with Gasteiger partial charge >= 0.3 is 17.9 Å². The molecular formula is C51H78O6. The van der Waals surface area contributed by atoms with Gasteiger partial charge in [0, 0.05) is 19.3 Å². The Kier molecular flexibility index (Phi) is 41.3. The van der Waals surface area contributed by atoms with Gasteiger partial charge in [-0.15, -0.1) is 0 Å². The second-order valence-corrected chi connectivity index (χ2v) is 14.1. The Hall–Kier alpha value is -4.19. The number of ether oxygens (including phenoxy) is 3. The van der Waals surface area contributed by atoms with Crippen LogP contribution in [0.15, 0.2) is 122 Å². The number of esters is 3. The lowest BCUT2D eigenvalue weighted by molar-refractivity contribution is -0.167. The smallest absolute Gasteiger partial charge is 0.306 e. The summed E-state index contributed by atoms with van der Waals surface area (Å²) in [4.78, 5) is 37.7. The molecule has 0 amide bonds. The molecule has 6 nitrogen and oxygen atoms in total. The summed E-state index contributed by atoms with van der Waals surface area (Å²) in [6.45, 7) is 6.19. The molecule has 0 saturated heterocycles. The highest BCUT2D eigenvalue weighted by atomic mass is 16.6. The first-order valence-electron chi connectivity index (χ1n) is 22.2. The lowest BCUT2D eigenvalue weighted by Gasteiger charge is -2.18. The van der Waals surface area contributed by atoms with Crippen LogP contribution in [0.5, 0.6) is 0 Å². The van der Waals surface area contributed by atoms with Crippen molar-refractivity contribution in [3.63, 3.8) is 0 Å². The highest BCUT2D eigenvalue weighted by Crippen LogP contribution is 2.11. The third kappa shape index (κ3) is 42.8. The third-order valence-electron chi connectivity index (χ3n) is 8.65. The first kappa shape index (κ1) is 52.8. The van der Waals surface area contributed by atoms with Gasteiger partial charge in [-0.3, -0.25) is 14.4 Å². The van der Waals surface area contributed by atoms with Gasteiger partial charge in [-0.1, -0.05) is 187 Å². The van der Waals surface area contributed by atoms with Crippen LogP contribution in [0.1, 0.15) is 162 Å². The van der Waals surface area contributed by atoms with Crippen LogP contribution in [0, 0.1) is 0 Å². The molecule has 0 rings (SSSR count). The van der Waals surface area contributed by atoms with Crippen LogP contribution in [0.2, 0.25) is 0 Å². The van der Waals surface area contributed by atoms with E-state index in [1.54, 1.807) is 0 Å². The molecule has 0 aliphatic rings. The fourth-order valence-corrected chi connectivity index (χ4v) is 5.36. The topological polar surface area (TPSA) is 78.9 Å². The van der Waals surface area contributed by atoms with E-state index < -0.39 is 6.10 Å². The van der Waals surface area contributed by atoms with E-state index in [1.165, 1.54) is 25.7 Å². The van der Waals surface area contributed by atoms with E-state index in [4.69, 9.17) is 14.2 Å². The molecule has 0 saturated carbocycles. The van der Waals surface area contributed by atoms with Crippen molar-refractivity contribution in [2.45, 2.75) is 168 Å². The molecule has 1 unspecified atom stereocenters. The standard InChI is InChI=1S/C51H78O6/c1-4-7-10-13-16-19-21-23-25-27-29-32-35-38-41-44-50(53)56-47-48(46-55-49(52)43-40-37-34-31-18-15-12-9-6-3)57-51(54)45-42-39-36-33-30-28-26-24-22-20-17-14-11-8-5-2/h7-8,10-11,13-14,16-17,19-27,29,31,34,48H,4-6,9,12,15,18,28,30,32-33,35-47H2,1-3H3/b10-7-,11-8-,16-13-,17-14-,21-19-,22-20-,25-23-,26-24-,29-27-,34-31-. The van der Waals surface area contributed by atoms with E-state index >= 15 is 0 Å². The SMILES string of the molecule is CC\C=C/C=C\C=C/C=C\C=C/CCCCCC(=O)OCC(COC(=O)CCC/C=C\CCCCCC)OC(=O)CCCCCCC\C=C/C=C\C=C/C=C\CC. The maximum Gasteiger partial charge on any atom is 0.306 e. The van der Waals surface area contributed by atoms with Crippen LogP contribution >= 0.6 is 0 Å². The first-order chi connectivity index (χ1) is 28.0. The molecule has 0 radical (unpaired) electrons. The van der Waals surface area contributed by atoms with Crippen molar-refractivity contribution in [1.82, 2.24) is 0 Å². The molecule has 0 heterocycles. The second-order valence-electron chi connectivity index (χ2n) is 14.1. The van der Waals surface area contributed by atoms with Gasteiger partial charge in [-0.05, 0) is 77.0 Å². The van der Waals surface area contributed by atoms with Gasteiger partial charge in [0.25, 0.3) is 0 Å². The minimum atomic E-state index is -0.820. The van der Waals surface area contributed by atoms with Gasteiger partial charge in [-0.25, -0.2) is 0 Å². The molecule has 1 atom stereocenters. The Labute approximate surface area is 348 Å². The first-order valence-corrected chi connectivity index (χ1v) is 22.2. The van der Waals surface area contributed by atoms with Crippen molar-refractivity contribution >= 4 is 17.9 Å². The van der Waals surface area contributed by atoms with Gasteiger partial charge in [0.1, 0.15) is 13.2 Å². The van der Waals surface area contributed by atoms with Gasteiger partial charge in [-0.2, -0.15) is 0 Å². The van der Waals surface area contributed by atoms with E-state index in [-0.39, 0.29) is 37.5 Å². The van der Waals surface area contributed by atoms with E-state index in [0.717, 1.165) is 89.9 Å². The van der Waals surface area contributed by atoms with Crippen molar-refractivity contribution in [3.05, 3.63) is 122 Å². The van der Waals surface area contributed by atoms with Crippen molar-refractivity contribution in [1.29, 1.82) is 0 Å². The zero-order valence-electron chi connectivity index (χ0n) is 36.0. The fraction of sp³-hybridized carbons (Fsp3) is 0.549. The van der Waals surface area contributed by atoms with E-state index in [2.05, 4.69) is 69.4 Å². The molecule has 0 aromatic carbocycles. The molecular weight excluding hydrogens is 709 g/mol. The number of carbonyl (C=O) groups excluding carboxylic acids is 3. The predicted octanol–water partition coefficient (Wildman–Crippen LogP) is 14.2. The third-order valence-corrected chi connectivity index (χ3v) is 8.65. The Bertz CT molecular complexity index is 1270. The van der Waals surface area contributed by atoms with E-state index in [9.17, 15) is 14.4 Å². The normalized spacial score (nSPS) is 13.2. The van der Waals surface area contributed by atoms with Crippen molar-refractivity contribution in [3.8, 4) is 0 Å². The number of hydrogen-bond donors (Lipinski definition) is 0. The lowest BCUT2D eigenvalue weighted by Crippen LogP contribution is -2.30. The van der Waals surface area contributed by atoms with Crippen molar-refractivity contribution in [2.24, 2.45) is 0 Å². The summed E-state index contributed by atoms with van der Waals surface area (Å²) in [6.07, 6.45) is 60.4. The number of carbonyl (C=O) groups is 3. The lowest BCUT2D eigenvalue weighted by atomic mass is 10.1. The van der Waals surface area contributed by atoms with Gasteiger partial charge < -0.3 is 14.2 Å². The van der Waals surface area contributed by atoms with Crippen LogP contribution in [-0.2, 0) is 28.6 Å². The summed E-state index contributed by atoms with van der Waals surface area (Å²) >= 11 is 0. The average molecular weight is 787 g/mol. The second kappa shape index (κ2) is 44.5. The molecule has 6 heteroatoms. The van der Waals surface area contributed by atoms with Crippen LogP contribution in [0.25, 0.3) is 0 Å². The van der Waals surface area contributed by atoms with Gasteiger partial charge in [0.2, 0.25) is 0 Å². The molecule has 0 fully saturated rings. The summed E-state index contributed by atoms with van der Waals surface area (Å²) in [5.41, 5.74) is 0. The van der Waals surface area contributed by atoms with Gasteiger partial charge in [0.15, 0.2) is 6.10 Å². The average Bonchev–Trinajstić information content (AvgIpc) is 3.21. The number of rotatable bonds is 37. The molecule has 0 bridgehead atoms. The van der Waals surface area contributed by atoms with E-state index in [1.807, 2.05) is 72.9 Å². The summed E-state index contributed by atoms with van der Waals surface area (Å²) < 4.78 is 16.6. The summed E-state index contributed by atoms with van der Waals surface area (Å²) in [5.74, 6) is -1.04. The Balaban J connectivity index is 4.56. The zero-order valence-corrected chi connectivity index (χ0v) is 36.0. The number of allylic oxidation sites excluding steroid dienone is 20. The van der Waals surface area contributed by atoms with Gasteiger partial charge in [0.05, 0.1) is 0 Å². The van der Waals surface area contributed by atoms with E-state index in [0.29, 0.717) is 19.3 Å². The maximum absolute atomic E-state index is 12.7. The summed E-state index contributed by atoms with van der Waals surface area (Å²) in [6, 6.07) is 0. The Morgan fingerprint density at radius 1 is 0.368 bits per heavy atom. The Morgan fingerprint density at radius 2 is 0.719 bits per heavy atom. The maximum atomic E-state index is 12.7. The molecule has 0 aliphatic heterocycles. The van der Waals surface area contributed by atoms with Crippen LogP contribution < -0.4 is 0 Å². The number of hydrogen-bond acceptors (Lipinski definition) is 6. The minimum Gasteiger partial charge on any atom is -0.462 e. The number of unbranched alkanes of at least 4 members (excludes halogenated alkanes) is 13. The highest BCUT2D eigenvalue weighted by molar-refractivity contribution is 5.71. The molecule has 0 aromatic heterocycles. The van der Waals surface area contributed by atoms with Crippen LogP contribution in [0.4, 0.5) is 0 Å². The summed E-state index contributed by atoms with van der Waals surface area (Å²) in [5, 5.41) is 0. The Morgan fingerprint density at radius 3 is 1.21 bits per heavy atom. The molecule has 318 valence electrons. The highest BCUT2D eigenvalue weighted by Gasteiger charge is 2.19. The largest absolute Gasteiger partial charge is 0.462 e. The monoisotopic (exact) mass is 787 g/mol. The minimum absolute atomic E-state index is 0.121.